The predicted octanol–water partition coefficient (Wildman–Crippen LogP) is 4.40. The van der Waals surface area contributed by atoms with Crippen molar-refractivity contribution in [3.05, 3.63) is 96.6 Å². The molecule has 0 aliphatic heterocycles. The molecule has 3 aromatic rings. The number of para-hydroxylation sites is 1. The largest absolute Gasteiger partial charge is 0.352 e. The second kappa shape index (κ2) is 12.7. The molecule has 1 N–H and O–H groups in total. The molecule has 4 rings (SSSR count). The molecule has 0 bridgehead atoms. The fourth-order valence-electron chi connectivity index (χ4n) is 4.80. The van der Waals surface area contributed by atoms with Crippen LogP contribution in [0, 0.1) is 0 Å². The van der Waals surface area contributed by atoms with E-state index in [1.807, 2.05) is 30.3 Å². The van der Waals surface area contributed by atoms with Crippen LogP contribution in [0.15, 0.2) is 95.9 Å². The highest BCUT2D eigenvalue weighted by molar-refractivity contribution is 7.92. The Balaban J connectivity index is 1.61. The Morgan fingerprint density at radius 1 is 0.868 bits per heavy atom. The van der Waals surface area contributed by atoms with Crippen LogP contribution in [0.4, 0.5) is 5.69 Å². The van der Waals surface area contributed by atoms with E-state index >= 15 is 0 Å². The molecule has 7 nitrogen and oxygen atoms in total. The van der Waals surface area contributed by atoms with Gasteiger partial charge in [-0.1, -0.05) is 79.6 Å². The van der Waals surface area contributed by atoms with Crippen molar-refractivity contribution in [1.82, 2.24) is 10.2 Å². The average molecular weight is 534 g/mol. The van der Waals surface area contributed by atoms with Gasteiger partial charge in [0.2, 0.25) is 11.8 Å². The summed E-state index contributed by atoms with van der Waals surface area (Å²) in [6.07, 6.45) is 4.59. The van der Waals surface area contributed by atoms with Crippen LogP contribution in [0.3, 0.4) is 0 Å². The molecule has 2 amide bonds. The zero-order valence-corrected chi connectivity index (χ0v) is 22.5. The summed E-state index contributed by atoms with van der Waals surface area (Å²) in [7, 11) is -4.03. The van der Waals surface area contributed by atoms with Crippen LogP contribution in [0.2, 0.25) is 0 Å². The van der Waals surface area contributed by atoms with Crippen molar-refractivity contribution < 1.29 is 18.0 Å². The minimum atomic E-state index is -4.03. The zero-order valence-electron chi connectivity index (χ0n) is 21.7. The highest BCUT2D eigenvalue weighted by atomic mass is 32.2. The standard InChI is InChI=1S/C30H35N3O4S/c1-24(30(35)31-26-15-11-12-16-26)32(22-21-25-13-5-2-6-14-25)29(34)23-33(27-17-7-3-8-18-27)38(36,37)28-19-9-4-10-20-28/h2-10,13-14,17-20,24,26H,11-12,15-16,21-23H2,1H3,(H,31,35)/t24-/m0/s1. The van der Waals surface area contributed by atoms with E-state index < -0.39 is 28.5 Å². The molecule has 3 aromatic carbocycles. The number of nitrogens with one attached hydrogen (secondary N) is 1. The van der Waals surface area contributed by atoms with Gasteiger partial charge in [-0.15, -0.1) is 0 Å². The van der Waals surface area contributed by atoms with Crippen LogP contribution in [0.5, 0.6) is 0 Å². The van der Waals surface area contributed by atoms with Crippen LogP contribution in [0.1, 0.15) is 38.2 Å². The van der Waals surface area contributed by atoms with E-state index in [-0.39, 0.29) is 23.4 Å². The van der Waals surface area contributed by atoms with Crippen molar-refractivity contribution in [3.63, 3.8) is 0 Å². The molecule has 0 saturated heterocycles. The van der Waals surface area contributed by atoms with Crippen LogP contribution >= 0.6 is 0 Å². The van der Waals surface area contributed by atoms with E-state index in [9.17, 15) is 18.0 Å². The first-order valence-corrected chi connectivity index (χ1v) is 14.6. The topological polar surface area (TPSA) is 86.8 Å². The summed E-state index contributed by atoms with van der Waals surface area (Å²) >= 11 is 0. The van der Waals surface area contributed by atoms with Crippen LogP contribution in [-0.2, 0) is 26.0 Å². The third kappa shape index (κ3) is 6.81. The number of carbonyl (C=O) groups excluding carboxylic acids is 2. The second-order valence-corrected chi connectivity index (χ2v) is 11.5. The molecule has 8 heteroatoms. The van der Waals surface area contributed by atoms with Gasteiger partial charge in [-0.2, -0.15) is 0 Å². The van der Waals surface area contributed by atoms with Gasteiger partial charge in [-0.3, -0.25) is 13.9 Å². The van der Waals surface area contributed by atoms with Crippen LogP contribution in [0.25, 0.3) is 0 Å². The number of anilines is 1. The van der Waals surface area contributed by atoms with Gasteiger partial charge in [0.25, 0.3) is 10.0 Å². The Kier molecular flexibility index (Phi) is 9.18. The molecule has 0 radical (unpaired) electrons. The number of nitrogens with zero attached hydrogens (tertiary/aromatic N) is 2. The molecule has 38 heavy (non-hydrogen) atoms. The lowest BCUT2D eigenvalue weighted by atomic mass is 10.1. The molecule has 1 fully saturated rings. The van der Waals surface area contributed by atoms with Gasteiger partial charge in [0, 0.05) is 12.6 Å². The third-order valence-corrected chi connectivity index (χ3v) is 8.80. The summed E-state index contributed by atoms with van der Waals surface area (Å²) in [5.74, 6) is -0.645. The van der Waals surface area contributed by atoms with Crippen LogP contribution in [-0.4, -0.2) is 50.3 Å². The van der Waals surface area contributed by atoms with Crippen LogP contribution < -0.4 is 9.62 Å². The minimum Gasteiger partial charge on any atom is -0.352 e. The maximum absolute atomic E-state index is 13.8. The lowest BCUT2D eigenvalue weighted by molar-refractivity contribution is -0.139. The fraction of sp³-hybridized carbons (Fsp3) is 0.333. The van der Waals surface area contributed by atoms with Crippen molar-refractivity contribution in [2.75, 3.05) is 17.4 Å². The van der Waals surface area contributed by atoms with Crippen molar-refractivity contribution in [2.45, 2.75) is 56.0 Å². The predicted molar refractivity (Wildman–Crippen MR) is 149 cm³/mol. The second-order valence-electron chi connectivity index (χ2n) is 9.65. The average Bonchev–Trinajstić information content (AvgIpc) is 3.46. The summed E-state index contributed by atoms with van der Waals surface area (Å²) in [4.78, 5) is 28.6. The number of carbonyl (C=O) groups is 2. The molecular weight excluding hydrogens is 498 g/mol. The van der Waals surface area contributed by atoms with Crippen molar-refractivity contribution in [1.29, 1.82) is 0 Å². The first-order chi connectivity index (χ1) is 18.4. The smallest absolute Gasteiger partial charge is 0.264 e. The fourth-order valence-corrected chi connectivity index (χ4v) is 6.24. The lowest BCUT2D eigenvalue weighted by Gasteiger charge is -2.32. The number of benzene rings is 3. The van der Waals surface area contributed by atoms with E-state index in [1.54, 1.807) is 55.5 Å². The summed E-state index contributed by atoms with van der Waals surface area (Å²) in [5, 5.41) is 3.09. The normalized spacial score (nSPS) is 14.6. The van der Waals surface area contributed by atoms with Gasteiger partial charge in [-0.05, 0) is 56.0 Å². The van der Waals surface area contributed by atoms with E-state index in [2.05, 4.69) is 5.32 Å². The van der Waals surface area contributed by atoms with Crippen molar-refractivity contribution in [3.8, 4) is 0 Å². The number of amides is 2. The molecule has 0 unspecified atom stereocenters. The Hall–Kier alpha value is -3.65. The first kappa shape index (κ1) is 27.4. The van der Waals surface area contributed by atoms with Gasteiger partial charge < -0.3 is 10.2 Å². The molecule has 0 heterocycles. The van der Waals surface area contributed by atoms with E-state index in [1.165, 1.54) is 17.0 Å². The minimum absolute atomic E-state index is 0.0968. The molecule has 0 spiro atoms. The molecule has 200 valence electrons. The SMILES string of the molecule is C[C@@H](C(=O)NC1CCCC1)N(CCc1ccccc1)C(=O)CN(c1ccccc1)S(=O)(=O)c1ccccc1. The maximum atomic E-state index is 13.8. The third-order valence-electron chi connectivity index (χ3n) is 7.01. The number of hydrogen-bond acceptors (Lipinski definition) is 4. The molecule has 1 aliphatic carbocycles. The quantitative estimate of drug-likeness (QED) is 0.396. The Bertz CT molecular complexity index is 1300. The monoisotopic (exact) mass is 533 g/mol. The van der Waals surface area contributed by atoms with Gasteiger partial charge in [0.05, 0.1) is 10.6 Å². The number of hydrogen-bond donors (Lipinski definition) is 1. The van der Waals surface area contributed by atoms with Gasteiger partial charge >= 0.3 is 0 Å². The van der Waals surface area contributed by atoms with E-state index in [4.69, 9.17) is 0 Å². The number of sulfonamides is 1. The lowest BCUT2D eigenvalue weighted by Crippen LogP contribution is -2.53. The number of rotatable bonds is 11. The molecule has 1 saturated carbocycles. The summed E-state index contributed by atoms with van der Waals surface area (Å²) < 4.78 is 28.5. The van der Waals surface area contributed by atoms with Crippen molar-refractivity contribution >= 4 is 27.5 Å². The first-order valence-electron chi connectivity index (χ1n) is 13.1. The highest BCUT2D eigenvalue weighted by Gasteiger charge is 2.33. The zero-order chi connectivity index (χ0) is 27.0. The van der Waals surface area contributed by atoms with Gasteiger partial charge in [0.1, 0.15) is 12.6 Å². The van der Waals surface area contributed by atoms with E-state index in [0.717, 1.165) is 35.6 Å². The summed E-state index contributed by atoms with van der Waals surface area (Å²) in [6, 6.07) is 25.8. The molecule has 0 aromatic heterocycles. The summed E-state index contributed by atoms with van der Waals surface area (Å²) in [5.41, 5.74) is 1.42. The van der Waals surface area contributed by atoms with Gasteiger partial charge in [-0.25, -0.2) is 8.42 Å². The maximum Gasteiger partial charge on any atom is 0.264 e. The Labute approximate surface area is 225 Å². The van der Waals surface area contributed by atoms with Gasteiger partial charge in [0.15, 0.2) is 0 Å². The molecular formula is C30H35N3O4S. The summed E-state index contributed by atoms with van der Waals surface area (Å²) in [6.45, 7) is 1.58. The highest BCUT2D eigenvalue weighted by Crippen LogP contribution is 2.24. The molecule has 1 aliphatic rings. The van der Waals surface area contributed by atoms with Crippen molar-refractivity contribution in [2.24, 2.45) is 0 Å². The van der Waals surface area contributed by atoms with E-state index in [0.29, 0.717) is 12.1 Å². The molecule has 1 atom stereocenters. The Morgan fingerprint density at radius 3 is 2.03 bits per heavy atom. The Morgan fingerprint density at radius 2 is 1.42 bits per heavy atom.